The van der Waals surface area contributed by atoms with Crippen molar-refractivity contribution >= 4 is 38.5 Å². The fourth-order valence-electron chi connectivity index (χ4n) is 0.793. The molecule has 20 heavy (non-hydrogen) atoms. The van der Waals surface area contributed by atoms with Crippen molar-refractivity contribution in [2.24, 2.45) is 5.92 Å². The van der Waals surface area contributed by atoms with Crippen LogP contribution in [-0.2, 0) is 18.7 Å². The van der Waals surface area contributed by atoms with Crippen molar-refractivity contribution < 1.29 is 28.9 Å². The summed E-state index contributed by atoms with van der Waals surface area (Å²) in [5.41, 5.74) is 15.4. The first-order valence-corrected chi connectivity index (χ1v) is 5.56. The van der Waals surface area contributed by atoms with Gasteiger partial charge in [-0.05, 0) is 4.57 Å². The Kier molecular flexibility index (Phi) is 7.40. The third-order valence-electron chi connectivity index (χ3n) is 1.59. The van der Waals surface area contributed by atoms with E-state index in [0.717, 1.165) is 0 Å². The zero-order chi connectivity index (χ0) is 15.7. The van der Waals surface area contributed by atoms with Gasteiger partial charge in [0, 0.05) is 0 Å². The highest BCUT2D eigenvalue weighted by Crippen LogP contribution is 2.03. The Labute approximate surface area is 113 Å². The largest absolute Gasteiger partial charge is 0.494 e. The highest BCUT2D eigenvalue weighted by atomic mass is 31.1. The average molecular weight is 307 g/mol. The quantitative estimate of drug-likeness (QED) is 0.305. The van der Waals surface area contributed by atoms with Gasteiger partial charge >= 0.3 is 20.6 Å². The van der Waals surface area contributed by atoms with Crippen LogP contribution in [0.3, 0.4) is 0 Å². The lowest BCUT2D eigenvalue weighted by molar-refractivity contribution is -0.155. The number of hydrogen-bond acceptors (Lipinski definition) is 10. The van der Waals surface area contributed by atoms with E-state index in [-0.39, 0.29) is 17.8 Å². The summed E-state index contributed by atoms with van der Waals surface area (Å²) in [6.45, 7) is -0.577. The fourth-order valence-corrected chi connectivity index (χ4v) is 1.03. The van der Waals surface area contributed by atoms with Crippen LogP contribution in [0, 0.1) is 5.92 Å². The van der Waals surface area contributed by atoms with Crippen LogP contribution in [0.15, 0.2) is 0 Å². The second-order valence-corrected chi connectivity index (χ2v) is 3.49. The Balaban J connectivity index is 0.000000367. The number of aliphatic carboxylic acids is 2. The molecule has 110 valence electrons. The molecule has 0 saturated heterocycles. The molecule has 0 aromatic carbocycles. The SMILES string of the molecule is Nc1nc(N)nc(N)n1.O=[PH+]OCC(C(=O)O)C(=O)O. The first-order chi connectivity index (χ1) is 9.27. The van der Waals surface area contributed by atoms with Gasteiger partial charge in [-0.1, -0.05) is 0 Å². The minimum absolute atomic E-state index is 0.0417. The minimum Gasteiger partial charge on any atom is -0.481 e. The second-order valence-electron chi connectivity index (χ2n) is 3.03. The van der Waals surface area contributed by atoms with Gasteiger partial charge in [0.05, 0.1) is 0 Å². The van der Waals surface area contributed by atoms with Crippen molar-refractivity contribution in [3.63, 3.8) is 0 Å². The number of aromatic nitrogens is 3. The summed E-state index contributed by atoms with van der Waals surface area (Å²) in [5, 5.41) is 16.4. The molecule has 1 aromatic rings. The van der Waals surface area contributed by atoms with Gasteiger partial charge in [0.25, 0.3) is 0 Å². The molecule has 8 N–H and O–H groups in total. The number of carboxylic acid groups (broad SMARTS) is 2. The molecule has 0 saturated carbocycles. The molecule has 1 atom stereocenters. The number of nitrogens with zero attached hydrogens (tertiary/aromatic N) is 3. The van der Waals surface area contributed by atoms with Gasteiger partial charge in [-0.3, -0.25) is 9.59 Å². The minimum atomic E-state index is -1.64. The van der Waals surface area contributed by atoms with Crippen molar-refractivity contribution in [1.29, 1.82) is 0 Å². The fraction of sp³-hybridized carbons (Fsp3) is 0.286. The monoisotopic (exact) mass is 307 g/mol. The van der Waals surface area contributed by atoms with Crippen LogP contribution in [-0.4, -0.2) is 43.7 Å². The summed E-state index contributed by atoms with van der Waals surface area (Å²) in [6, 6.07) is 0. The van der Waals surface area contributed by atoms with Gasteiger partial charge in [0.15, 0.2) is 5.92 Å². The molecule has 1 aromatic heterocycles. The lowest BCUT2D eigenvalue weighted by atomic mass is 10.2. The average Bonchev–Trinajstić information content (AvgIpc) is 2.27. The third-order valence-corrected chi connectivity index (χ3v) is 1.88. The van der Waals surface area contributed by atoms with Crippen molar-refractivity contribution in [3.8, 4) is 0 Å². The molecule has 0 bridgehead atoms. The smallest absolute Gasteiger partial charge is 0.481 e. The van der Waals surface area contributed by atoms with Gasteiger partial charge in [-0.15, -0.1) is 4.52 Å². The molecule has 0 aliphatic rings. The molecule has 1 heterocycles. The van der Waals surface area contributed by atoms with Crippen LogP contribution in [0.25, 0.3) is 0 Å². The molecule has 0 amide bonds. The summed E-state index contributed by atoms with van der Waals surface area (Å²) in [7, 11) is -1.14. The second kappa shape index (κ2) is 8.50. The number of carboxylic acids is 2. The number of hydrogen-bond donors (Lipinski definition) is 5. The van der Waals surface area contributed by atoms with Crippen LogP contribution in [0.4, 0.5) is 17.8 Å². The van der Waals surface area contributed by atoms with E-state index in [1.807, 2.05) is 0 Å². The molecular weight excluding hydrogens is 295 g/mol. The first kappa shape index (κ1) is 17.4. The maximum Gasteiger partial charge on any atom is 0.494 e. The van der Waals surface area contributed by atoms with Crippen molar-refractivity contribution in [3.05, 3.63) is 0 Å². The summed E-state index contributed by atoms with van der Waals surface area (Å²) in [6.07, 6.45) is 0. The van der Waals surface area contributed by atoms with Crippen molar-refractivity contribution in [2.45, 2.75) is 0 Å². The van der Waals surface area contributed by atoms with Crippen molar-refractivity contribution in [1.82, 2.24) is 15.0 Å². The zero-order valence-electron chi connectivity index (χ0n) is 9.89. The van der Waals surface area contributed by atoms with E-state index < -0.39 is 33.2 Å². The van der Waals surface area contributed by atoms with E-state index in [1.54, 1.807) is 0 Å². The number of rotatable bonds is 5. The predicted molar refractivity (Wildman–Crippen MR) is 66.8 cm³/mol. The molecule has 1 unspecified atom stereocenters. The van der Waals surface area contributed by atoms with Gasteiger partial charge in [0.1, 0.15) is 6.61 Å². The first-order valence-electron chi connectivity index (χ1n) is 4.75. The highest BCUT2D eigenvalue weighted by Gasteiger charge is 2.27. The molecule has 12 nitrogen and oxygen atoms in total. The predicted octanol–water partition coefficient (Wildman–Crippen LogP) is -1.65. The van der Waals surface area contributed by atoms with Gasteiger partial charge in [-0.25, -0.2) is 0 Å². The molecule has 1 rings (SSSR count). The van der Waals surface area contributed by atoms with E-state index in [4.69, 9.17) is 27.4 Å². The number of nitrogens with two attached hydrogens (primary N) is 3. The Hall–Kier alpha value is -2.59. The molecule has 0 spiro atoms. The molecule has 0 radical (unpaired) electrons. The standard InChI is InChI=1S/C4H5O6P.C3H6N6/c5-3(6)2(4(7)8)1-10-11-9;4-1-7-2(5)9-3(6)8-1/h2,11H,1H2,(H-,5,6,7,8);(H6,4,5,6,7,8,9)/p+1. The normalized spacial score (nSPS) is 9.85. The summed E-state index contributed by atoms with van der Waals surface area (Å²) < 4.78 is 13.8. The maximum atomic E-state index is 10.1. The van der Waals surface area contributed by atoms with Gasteiger partial charge in [0.2, 0.25) is 17.8 Å². The molecule has 0 fully saturated rings. The van der Waals surface area contributed by atoms with E-state index in [1.165, 1.54) is 0 Å². The third kappa shape index (κ3) is 6.98. The Morgan fingerprint density at radius 2 is 1.40 bits per heavy atom. The van der Waals surface area contributed by atoms with Crippen LogP contribution in [0.2, 0.25) is 0 Å². The molecule has 0 aliphatic carbocycles. The lowest BCUT2D eigenvalue weighted by Crippen LogP contribution is -2.26. The van der Waals surface area contributed by atoms with E-state index in [9.17, 15) is 14.2 Å². The Morgan fingerprint density at radius 1 is 1.05 bits per heavy atom. The van der Waals surface area contributed by atoms with Crippen molar-refractivity contribution in [2.75, 3.05) is 23.8 Å². The summed E-state index contributed by atoms with van der Waals surface area (Å²) in [4.78, 5) is 30.6. The Bertz CT molecular complexity index is 434. The molecule has 0 aliphatic heterocycles. The highest BCUT2D eigenvalue weighted by molar-refractivity contribution is 7.17. The lowest BCUT2D eigenvalue weighted by Gasteiger charge is -1.99. The zero-order valence-corrected chi connectivity index (χ0v) is 10.9. The maximum absolute atomic E-state index is 10.1. The number of carbonyl (C=O) groups is 2. The van der Waals surface area contributed by atoms with Gasteiger partial charge < -0.3 is 27.4 Å². The summed E-state index contributed by atoms with van der Waals surface area (Å²) in [5.74, 6) is -4.53. The molecular formula is C7H12N6O6P+. The topological polar surface area (TPSA) is 218 Å². The van der Waals surface area contributed by atoms with Crippen LogP contribution in [0.5, 0.6) is 0 Å². The Morgan fingerprint density at radius 3 is 1.65 bits per heavy atom. The van der Waals surface area contributed by atoms with E-state index >= 15 is 0 Å². The van der Waals surface area contributed by atoms with E-state index in [0.29, 0.717) is 0 Å². The molecule has 13 heteroatoms. The van der Waals surface area contributed by atoms with Crippen LogP contribution >= 0.6 is 8.69 Å². The van der Waals surface area contributed by atoms with E-state index in [2.05, 4.69) is 19.5 Å². The van der Waals surface area contributed by atoms with Crippen LogP contribution < -0.4 is 17.2 Å². The van der Waals surface area contributed by atoms with Crippen LogP contribution in [0.1, 0.15) is 0 Å². The number of nitrogen functional groups attached to an aromatic ring is 3. The number of anilines is 3. The van der Waals surface area contributed by atoms with Gasteiger partial charge in [-0.2, -0.15) is 15.0 Å². The summed E-state index contributed by atoms with van der Waals surface area (Å²) >= 11 is 0.